The number of aromatic nitrogens is 5. The number of hydrogen-bond acceptors (Lipinski definition) is 11. The molecule has 1 aliphatic heterocycles. The van der Waals surface area contributed by atoms with Crippen LogP contribution in [0.25, 0.3) is 11.2 Å². The fourth-order valence-electron chi connectivity index (χ4n) is 3.63. The van der Waals surface area contributed by atoms with E-state index in [0.29, 0.717) is 17.9 Å². The van der Waals surface area contributed by atoms with Crippen LogP contribution in [0.3, 0.4) is 0 Å². The quantitative estimate of drug-likeness (QED) is 0.105. The minimum absolute atomic E-state index is 0.0658. The summed E-state index contributed by atoms with van der Waals surface area (Å²) in [6.07, 6.45) is -4.80. The lowest BCUT2D eigenvalue weighted by Crippen LogP contribution is -2.33. The van der Waals surface area contributed by atoms with E-state index in [9.17, 15) is 32.8 Å². The van der Waals surface area contributed by atoms with Crippen LogP contribution < -0.4 is 5.32 Å². The van der Waals surface area contributed by atoms with E-state index in [-0.39, 0.29) is 16.6 Å². The van der Waals surface area contributed by atoms with Crippen molar-refractivity contribution in [2.75, 3.05) is 36.2 Å². The van der Waals surface area contributed by atoms with Crippen molar-refractivity contribution in [2.45, 2.75) is 42.3 Å². The number of rotatable bonds is 12. The van der Waals surface area contributed by atoms with E-state index in [1.807, 2.05) is 6.26 Å². The first-order valence-electron chi connectivity index (χ1n) is 11.3. The SMILES string of the molecule is CSCCNc1nc(SCCC(F)(F)F)nc2c1ncn2[C@@H]1O[C@H](COP(=O)(O)n2cccc2)C(O)[C@@H]1O. The van der Waals surface area contributed by atoms with Crippen LogP contribution in [0.15, 0.2) is 36.0 Å². The second kappa shape index (κ2) is 12.1. The summed E-state index contributed by atoms with van der Waals surface area (Å²) in [4.78, 5) is 23.1. The minimum atomic E-state index is -4.33. The molecule has 0 saturated carbocycles. The van der Waals surface area contributed by atoms with E-state index < -0.39 is 51.5 Å². The van der Waals surface area contributed by atoms with Gasteiger partial charge in [0.1, 0.15) is 18.3 Å². The van der Waals surface area contributed by atoms with Gasteiger partial charge >= 0.3 is 13.9 Å². The number of imidazole rings is 1. The predicted molar refractivity (Wildman–Crippen MR) is 135 cm³/mol. The number of hydrogen-bond donors (Lipinski definition) is 4. The molecule has 38 heavy (non-hydrogen) atoms. The van der Waals surface area contributed by atoms with Gasteiger partial charge in [0.25, 0.3) is 0 Å². The highest BCUT2D eigenvalue weighted by molar-refractivity contribution is 7.99. The molecule has 0 bridgehead atoms. The Balaban J connectivity index is 1.56. The number of nitrogens with zero attached hydrogens (tertiary/aromatic N) is 5. The Kier molecular flexibility index (Phi) is 9.30. The molecule has 12 nitrogen and oxygen atoms in total. The highest BCUT2D eigenvalue weighted by Crippen LogP contribution is 2.44. The first-order valence-corrected chi connectivity index (χ1v) is 15.2. The highest BCUT2D eigenvalue weighted by Gasteiger charge is 2.45. The zero-order valence-electron chi connectivity index (χ0n) is 19.9. The van der Waals surface area contributed by atoms with Crippen molar-refractivity contribution in [1.29, 1.82) is 0 Å². The zero-order chi connectivity index (χ0) is 27.5. The van der Waals surface area contributed by atoms with Crippen LogP contribution in [0.4, 0.5) is 19.0 Å². The average molecular weight is 599 g/mol. The number of fused-ring (bicyclic) bond motifs is 1. The van der Waals surface area contributed by atoms with E-state index in [1.54, 1.807) is 23.9 Å². The lowest BCUT2D eigenvalue weighted by molar-refractivity contribution is -0.129. The monoisotopic (exact) mass is 598 g/mol. The number of alkyl halides is 3. The molecule has 3 aromatic heterocycles. The highest BCUT2D eigenvalue weighted by atomic mass is 32.2. The van der Waals surface area contributed by atoms with Crippen molar-refractivity contribution in [3.8, 4) is 0 Å². The van der Waals surface area contributed by atoms with Crippen molar-refractivity contribution >= 4 is 48.3 Å². The molecule has 0 aliphatic carbocycles. The van der Waals surface area contributed by atoms with E-state index in [4.69, 9.17) is 9.26 Å². The molecule has 18 heteroatoms. The molecule has 1 fully saturated rings. The molecule has 1 saturated heterocycles. The average Bonchev–Trinajstić information content (AvgIpc) is 3.59. The number of aliphatic hydroxyl groups excluding tert-OH is 2. The van der Waals surface area contributed by atoms with Gasteiger partial charge in [0.05, 0.1) is 19.4 Å². The van der Waals surface area contributed by atoms with Crippen molar-refractivity contribution in [1.82, 2.24) is 23.9 Å². The molecule has 0 amide bonds. The molecular formula is C20H26F3N6O6PS2. The van der Waals surface area contributed by atoms with Gasteiger partial charge in [0.15, 0.2) is 28.4 Å². The van der Waals surface area contributed by atoms with Crippen LogP contribution in [-0.4, -0.2) is 94.4 Å². The van der Waals surface area contributed by atoms with Crippen LogP contribution in [0.5, 0.6) is 0 Å². The molecule has 0 aromatic carbocycles. The van der Waals surface area contributed by atoms with E-state index in [2.05, 4.69) is 20.3 Å². The van der Waals surface area contributed by atoms with Crippen LogP contribution in [0.2, 0.25) is 0 Å². The molecule has 5 atom stereocenters. The summed E-state index contributed by atoms with van der Waals surface area (Å²) in [5.74, 6) is 0.744. The first-order chi connectivity index (χ1) is 18.0. The number of thioether (sulfide) groups is 2. The third-order valence-electron chi connectivity index (χ3n) is 5.52. The fourth-order valence-corrected chi connectivity index (χ4v) is 5.72. The first kappa shape index (κ1) is 29.1. The summed E-state index contributed by atoms with van der Waals surface area (Å²) >= 11 is 2.40. The third kappa shape index (κ3) is 6.83. The predicted octanol–water partition coefficient (Wildman–Crippen LogP) is 2.73. The molecule has 2 unspecified atom stereocenters. The van der Waals surface area contributed by atoms with Gasteiger partial charge in [0, 0.05) is 30.4 Å². The summed E-state index contributed by atoms with van der Waals surface area (Å²) in [5.41, 5.74) is 0.461. The molecule has 0 radical (unpaired) electrons. The van der Waals surface area contributed by atoms with Gasteiger partial charge in [-0.1, -0.05) is 11.8 Å². The maximum atomic E-state index is 12.7. The molecule has 1 aliphatic rings. The van der Waals surface area contributed by atoms with Gasteiger partial charge in [-0.25, -0.2) is 19.5 Å². The summed E-state index contributed by atoms with van der Waals surface area (Å²) < 4.78 is 63.6. The Morgan fingerprint density at radius 1 is 1.21 bits per heavy atom. The van der Waals surface area contributed by atoms with Crippen molar-refractivity contribution < 1.29 is 42.1 Å². The number of halogens is 3. The normalized spacial score (nSPS) is 23.7. The maximum Gasteiger partial charge on any atom is 0.436 e. The molecule has 4 heterocycles. The minimum Gasteiger partial charge on any atom is -0.387 e. The van der Waals surface area contributed by atoms with Crippen LogP contribution >= 0.6 is 31.3 Å². The van der Waals surface area contributed by atoms with E-state index in [1.165, 1.54) is 23.3 Å². The maximum absolute atomic E-state index is 12.7. The van der Waals surface area contributed by atoms with Crippen LogP contribution in [0, 0.1) is 0 Å². The summed E-state index contributed by atoms with van der Waals surface area (Å²) in [6.45, 7) is -0.00157. The van der Waals surface area contributed by atoms with Gasteiger partial charge < -0.3 is 25.2 Å². The lowest BCUT2D eigenvalue weighted by Gasteiger charge is -2.18. The summed E-state index contributed by atoms with van der Waals surface area (Å²) in [6, 6.07) is 3.08. The zero-order valence-corrected chi connectivity index (χ0v) is 22.5. The summed E-state index contributed by atoms with van der Waals surface area (Å²) in [5, 5.41) is 24.4. The Morgan fingerprint density at radius 2 is 1.95 bits per heavy atom. The number of aliphatic hydroxyl groups is 2. The second-order valence-electron chi connectivity index (χ2n) is 8.21. The van der Waals surface area contributed by atoms with E-state index >= 15 is 0 Å². The third-order valence-corrected chi connectivity index (χ3v) is 8.31. The fraction of sp³-hybridized carbons (Fsp3) is 0.550. The van der Waals surface area contributed by atoms with E-state index in [0.717, 1.165) is 21.9 Å². The molecule has 4 rings (SSSR count). The number of nitrogens with one attached hydrogen (secondary N) is 1. The van der Waals surface area contributed by atoms with Gasteiger partial charge in [0.2, 0.25) is 0 Å². The molecular weight excluding hydrogens is 572 g/mol. The number of ether oxygens (including phenoxy) is 1. The standard InChI is InChI=1S/C20H26F3N6O6PS2/c1-37-9-5-24-16-13-17(27-19(26-16)38-8-4-20(21,22)23)29(11-25-13)18-15(31)14(30)12(35-18)10-34-36(32,33)28-6-2-3-7-28/h2-3,6-7,11-12,14-15,18,30-31H,4-5,8-10H2,1H3,(H,32,33)(H,24,26,27)/t12-,14?,15+,18-/m1/s1. The Labute approximate surface area is 223 Å². The van der Waals surface area contributed by atoms with Crippen LogP contribution in [0.1, 0.15) is 12.6 Å². The topological polar surface area (TPSA) is 157 Å². The van der Waals surface area contributed by atoms with Gasteiger partial charge in [-0.15, -0.1) is 0 Å². The molecule has 210 valence electrons. The molecule has 4 N–H and O–H groups in total. The number of anilines is 1. The van der Waals surface area contributed by atoms with Gasteiger partial charge in [-0.2, -0.15) is 24.9 Å². The van der Waals surface area contributed by atoms with Crippen molar-refractivity contribution in [3.05, 3.63) is 30.9 Å². The second-order valence-corrected chi connectivity index (χ2v) is 12.0. The smallest absolute Gasteiger partial charge is 0.387 e. The molecule has 3 aromatic rings. The Bertz CT molecular complexity index is 1270. The van der Waals surface area contributed by atoms with Gasteiger partial charge in [-0.3, -0.25) is 13.4 Å². The Hall–Kier alpha value is -1.85. The van der Waals surface area contributed by atoms with Crippen molar-refractivity contribution in [3.63, 3.8) is 0 Å². The lowest BCUT2D eigenvalue weighted by atomic mass is 10.1. The van der Waals surface area contributed by atoms with Gasteiger partial charge in [-0.05, 0) is 18.4 Å². The summed E-state index contributed by atoms with van der Waals surface area (Å²) in [7, 11) is -4.25. The Morgan fingerprint density at radius 3 is 2.63 bits per heavy atom. The van der Waals surface area contributed by atoms with Crippen LogP contribution in [-0.2, 0) is 13.8 Å². The molecule has 0 spiro atoms. The largest absolute Gasteiger partial charge is 0.436 e. The van der Waals surface area contributed by atoms with Crippen molar-refractivity contribution in [2.24, 2.45) is 0 Å².